The first kappa shape index (κ1) is 29.3. The summed E-state index contributed by atoms with van der Waals surface area (Å²) in [5.74, 6) is 1.68. The first-order valence-corrected chi connectivity index (χ1v) is 13.9. The molecule has 2 aromatic carbocycles. The first-order valence-electron chi connectivity index (χ1n) is 13.9. The Morgan fingerprint density at radius 1 is 0.976 bits per heavy atom. The fourth-order valence-corrected chi connectivity index (χ4v) is 4.61. The Morgan fingerprint density at radius 3 is 2.41 bits per heavy atom. The fraction of sp³-hybridized carbons (Fsp3) is 0.265. The van der Waals surface area contributed by atoms with Crippen molar-refractivity contribution in [3.05, 3.63) is 115 Å². The third-order valence-electron chi connectivity index (χ3n) is 6.76. The smallest absolute Gasteiger partial charge is 0.308 e. The van der Waals surface area contributed by atoms with Crippen molar-refractivity contribution in [2.45, 2.75) is 45.6 Å². The number of nitrogens with one attached hydrogen (secondary N) is 1. The SMILES string of the molecule is C=C/C(=C\C=C(/C)OC1CCC(C(=O)OCC)CC1)c1ccc(NC(=O)c2cccc(Oc3ccccc3)c2)cn1. The predicted molar refractivity (Wildman–Crippen MR) is 161 cm³/mol. The number of hydrogen-bond acceptors (Lipinski definition) is 6. The summed E-state index contributed by atoms with van der Waals surface area (Å²) in [5, 5.41) is 2.88. The molecule has 7 nitrogen and oxygen atoms in total. The minimum Gasteiger partial charge on any atom is -0.495 e. The highest BCUT2D eigenvalue weighted by molar-refractivity contribution is 6.04. The van der Waals surface area contributed by atoms with Gasteiger partial charge in [0.05, 0.1) is 42.0 Å². The number of pyridine rings is 1. The summed E-state index contributed by atoms with van der Waals surface area (Å²) in [6, 6.07) is 20.1. The highest BCUT2D eigenvalue weighted by Gasteiger charge is 2.28. The molecule has 0 radical (unpaired) electrons. The quantitative estimate of drug-likeness (QED) is 0.149. The molecule has 41 heavy (non-hydrogen) atoms. The zero-order valence-electron chi connectivity index (χ0n) is 23.5. The molecule has 0 bridgehead atoms. The molecule has 1 fully saturated rings. The van der Waals surface area contributed by atoms with E-state index in [1.165, 1.54) is 0 Å². The van der Waals surface area contributed by atoms with Crippen LogP contribution in [0.3, 0.4) is 0 Å². The lowest BCUT2D eigenvalue weighted by atomic mass is 9.87. The van der Waals surface area contributed by atoms with Gasteiger partial charge in [-0.1, -0.05) is 36.9 Å². The number of anilines is 1. The average Bonchev–Trinajstić information content (AvgIpc) is 2.99. The van der Waals surface area contributed by atoms with Crippen LogP contribution in [0.1, 0.15) is 55.6 Å². The molecule has 0 atom stereocenters. The standard InChI is InChI=1S/C34H36N2O5/c1-4-25(15-14-24(3)40-30-19-16-26(17-20-30)34(38)39-5-2)32-21-18-28(23-35-32)36-33(37)27-10-9-13-31(22-27)41-29-11-7-6-8-12-29/h4,6-15,18,21-23,26,30H,1,5,16-17,19-20H2,2-3H3,(H,36,37)/b24-14+,25-15+. The molecule has 1 heterocycles. The number of para-hydroxylation sites is 1. The second-order valence-electron chi connectivity index (χ2n) is 9.78. The Labute approximate surface area is 241 Å². The molecule has 0 aliphatic heterocycles. The molecular formula is C34H36N2O5. The third-order valence-corrected chi connectivity index (χ3v) is 6.76. The van der Waals surface area contributed by atoms with Crippen molar-refractivity contribution in [1.82, 2.24) is 4.98 Å². The average molecular weight is 553 g/mol. The number of carbonyl (C=O) groups is 2. The highest BCUT2D eigenvalue weighted by Crippen LogP contribution is 2.29. The van der Waals surface area contributed by atoms with Crippen molar-refractivity contribution in [3.8, 4) is 11.5 Å². The Kier molecular flexibility index (Phi) is 10.5. The van der Waals surface area contributed by atoms with E-state index in [9.17, 15) is 9.59 Å². The summed E-state index contributed by atoms with van der Waals surface area (Å²) < 4.78 is 17.1. The van der Waals surface area contributed by atoms with Crippen molar-refractivity contribution >= 4 is 23.1 Å². The number of esters is 1. The molecule has 1 N–H and O–H groups in total. The molecule has 3 aromatic rings. The number of ether oxygens (including phenoxy) is 3. The van der Waals surface area contributed by atoms with E-state index in [1.807, 2.05) is 62.4 Å². The summed E-state index contributed by atoms with van der Waals surface area (Å²) in [6.45, 7) is 8.08. The van der Waals surface area contributed by atoms with Crippen molar-refractivity contribution in [2.24, 2.45) is 5.92 Å². The van der Waals surface area contributed by atoms with Gasteiger partial charge in [0.15, 0.2) is 0 Å². The van der Waals surface area contributed by atoms with Crippen LogP contribution in [-0.2, 0) is 14.3 Å². The van der Waals surface area contributed by atoms with Crippen LogP contribution in [0.15, 0.2) is 103 Å². The first-order chi connectivity index (χ1) is 19.9. The zero-order valence-corrected chi connectivity index (χ0v) is 23.5. The van der Waals surface area contributed by atoms with Crippen LogP contribution in [0, 0.1) is 5.92 Å². The van der Waals surface area contributed by atoms with Gasteiger partial charge >= 0.3 is 5.97 Å². The topological polar surface area (TPSA) is 86.8 Å². The largest absolute Gasteiger partial charge is 0.495 e. The van der Waals surface area contributed by atoms with Gasteiger partial charge in [0.2, 0.25) is 0 Å². The monoisotopic (exact) mass is 552 g/mol. The van der Waals surface area contributed by atoms with Gasteiger partial charge in [0.1, 0.15) is 11.5 Å². The maximum atomic E-state index is 12.8. The predicted octanol–water partition coefficient (Wildman–Crippen LogP) is 7.74. The molecule has 1 saturated carbocycles. The molecule has 0 spiro atoms. The Balaban J connectivity index is 1.32. The minimum absolute atomic E-state index is 0.0241. The summed E-state index contributed by atoms with van der Waals surface area (Å²) in [5.41, 5.74) is 2.59. The Hall–Kier alpha value is -4.65. The lowest BCUT2D eigenvalue weighted by Gasteiger charge is -2.27. The van der Waals surface area contributed by atoms with E-state index in [0.717, 1.165) is 42.7 Å². The lowest BCUT2D eigenvalue weighted by Crippen LogP contribution is -2.27. The molecule has 1 amide bonds. The van der Waals surface area contributed by atoms with Gasteiger partial charge in [-0.05, 0) is 99.7 Å². The summed E-state index contributed by atoms with van der Waals surface area (Å²) in [6.07, 6.45) is 10.5. The lowest BCUT2D eigenvalue weighted by molar-refractivity contribution is -0.149. The molecule has 4 rings (SSSR count). The third kappa shape index (κ3) is 8.67. The Morgan fingerprint density at radius 2 is 1.73 bits per heavy atom. The van der Waals surface area contributed by atoms with Gasteiger partial charge in [-0.3, -0.25) is 14.6 Å². The fourth-order valence-electron chi connectivity index (χ4n) is 4.61. The van der Waals surface area contributed by atoms with E-state index in [4.69, 9.17) is 14.2 Å². The van der Waals surface area contributed by atoms with Gasteiger partial charge in [-0.2, -0.15) is 0 Å². The number of rotatable bonds is 11. The van der Waals surface area contributed by atoms with Crippen molar-refractivity contribution in [3.63, 3.8) is 0 Å². The van der Waals surface area contributed by atoms with Crippen LogP contribution in [0.4, 0.5) is 5.69 Å². The van der Waals surface area contributed by atoms with E-state index in [2.05, 4.69) is 16.9 Å². The van der Waals surface area contributed by atoms with E-state index < -0.39 is 0 Å². The summed E-state index contributed by atoms with van der Waals surface area (Å²) in [7, 11) is 0. The number of allylic oxidation sites excluding steroid dienone is 5. The molecule has 1 aliphatic rings. The van der Waals surface area contributed by atoms with Crippen molar-refractivity contribution < 1.29 is 23.8 Å². The van der Waals surface area contributed by atoms with Crippen LogP contribution >= 0.6 is 0 Å². The van der Waals surface area contributed by atoms with Crippen LogP contribution in [0.2, 0.25) is 0 Å². The summed E-state index contributed by atoms with van der Waals surface area (Å²) >= 11 is 0. The second kappa shape index (κ2) is 14.7. The van der Waals surface area contributed by atoms with Gasteiger partial charge in [-0.25, -0.2) is 0 Å². The van der Waals surface area contributed by atoms with E-state index >= 15 is 0 Å². The van der Waals surface area contributed by atoms with Crippen LogP contribution in [-0.4, -0.2) is 29.6 Å². The molecule has 212 valence electrons. The minimum atomic E-state index is -0.260. The normalized spacial score (nSPS) is 17.3. The number of hydrogen-bond donors (Lipinski definition) is 1. The van der Waals surface area contributed by atoms with Gasteiger partial charge < -0.3 is 19.5 Å². The number of amides is 1. The van der Waals surface area contributed by atoms with Crippen LogP contribution in [0.25, 0.3) is 5.57 Å². The van der Waals surface area contributed by atoms with Crippen molar-refractivity contribution in [2.75, 3.05) is 11.9 Å². The maximum Gasteiger partial charge on any atom is 0.308 e. The van der Waals surface area contributed by atoms with E-state index in [0.29, 0.717) is 29.4 Å². The van der Waals surface area contributed by atoms with Crippen LogP contribution < -0.4 is 10.1 Å². The van der Waals surface area contributed by atoms with Crippen LogP contribution in [0.5, 0.6) is 11.5 Å². The van der Waals surface area contributed by atoms with Crippen molar-refractivity contribution in [1.29, 1.82) is 0 Å². The maximum absolute atomic E-state index is 12.8. The Bertz CT molecular complexity index is 1390. The molecule has 7 heteroatoms. The number of benzene rings is 2. The van der Waals surface area contributed by atoms with E-state index in [1.54, 1.807) is 42.6 Å². The number of nitrogens with zero attached hydrogens (tertiary/aromatic N) is 1. The summed E-state index contributed by atoms with van der Waals surface area (Å²) in [4.78, 5) is 29.3. The van der Waals surface area contributed by atoms with E-state index in [-0.39, 0.29) is 23.9 Å². The van der Waals surface area contributed by atoms with Gasteiger partial charge in [-0.15, -0.1) is 0 Å². The van der Waals surface area contributed by atoms with Gasteiger partial charge in [0, 0.05) is 5.56 Å². The van der Waals surface area contributed by atoms with Gasteiger partial charge in [0.25, 0.3) is 5.91 Å². The molecule has 0 saturated heterocycles. The zero-order chi connectivity index (χ0) is 29.0. The molecule has 1 aliphatic carbocycles. The number of aromatic nitrogens is 1. The highest BCUT2D eigenvalue weighted by atomic mass is 16.5. The molecule has 0 unspecified atom stereocenters. The second-order valence-corrected chi connectivity index (χ2v) is 9.78. The molecular weight excluding hydrogens is 516 g/mol. The molecule has 1 aromatic heterocycles. The number of carbonyl (C=O) groups excluding carboxylic acids is 2.